The second-order valence-electron chi connectivity index (χ2n) is 10.6. The average molecular weight is 474 g/mol. The lowest BCUT2D eigenvalue weighted by Gasteiger charge is -2.47. The third-order valence-corrected chi connectivity index (χ3v) is 8.52. The molecule has 4 aliphatic rings. The number of hydrogen-bond donors (Lipinski definition) is 0. The number of fused-ring (bicyclic) bond motifs is 2. The van der Waals surface area contributed by atoms with Gasteiger partial charge in [0.25, 0.3) is 5.91 Å². The number of nitriles is 1. The molecule has 9 heteroatoms. The quantitative estimate of drug-likeness (QED) is 0.669. The minimum atomic E-state index is -0.603. The minimum absolute atomic E-state index is 0.000286. The number of hydrogen-bond acceptors (Lipinski definition) is 8. The first-order valence-electron chi connectivity index (χ1n) is 12.5. The Morgan fingerprint density at radius 3 is 2.54 bits per heavy atom. The van der Waals surface area contributed by atoms with E-state index in [1.807, 2.05) is 11.0 Å². The zero-order valence-corrected chi connectivity index (χ0v) is 20.6. The van der Waals surface area contributed by atoms with E-state index in [1.165, 1.54) is 12.0 Å². The molecule has 1 spiro atoms. The van der Waals surface area contributed by atoms with Gasteiger partial charge in [-0.05, 0) is 51.7 Å². The predicted octanol–water partition coefficient (Wildman–Crippen LogP) is 2.92. The van der Waals surface area contributed by atoms with Crippen LogP contribution in [0.1, 0.15) is 57.1 Å². The summed E-state index contributed by atoms with van der Waals surface area (Å²) in [7, 11) is 1.64. The van der Waals surface area contributed by atoms with E-state index in [0.717, 1.165) is 49.7 Å². The number of aromatic nitrogens is 3. The Morgan fingerprint density at radius 1 is 1.11 bits per heavy atom. The van der Waals surface area contributed by atoms with Gasteiger partial charge in [0.2, 0.25) is 0 Å². The topological polar surface area (TPSA) is 98.5 Å². The van der Waals surface area contributed by atoms with Gasteiger partial charge in [-0.15, -0.1) is 0 Å². The van der Waals surface area contributed by atoms with Crippen LogP contribution in [0, 0.1) is 11.3 Å². The van der Waals surface area contributed by atoms with Gasteiger partial charge in [-0.25, -0.2) is 15.0 Å². The highest BCUT2D eigenvalue weighted by Crippen LogP contribution is 2.56. The summed E-state index contributed by atoms with van der Waals surface area (Å²) in [5, 5.41) is 9.39. The van der Waals surface area contributed by atoms with Crippen LogP contribution in [0.3, 0.4) is 0 Å². The van der Waals surface area contributed by atoms with Crippen LogP contribution >= 0.6 is 0 Å². The van der Waals surface area contributed by atoms with Gasteiger partial charge < -0.3 is 19.4 Å². The van der Waals surface area contributed by atoms with Gasteiger partial charge in [0.1, 0.15) is 29.4 Å². The van der Waals surface area contributed by atoms with Gasteiger partial charge in [-0.1, -0.05) is 6.42 Å². The number of carbonyl (C=O) groups excluding carboxylic acids is 1. The first kappa shape index (κ1) is 22.2. The average Bonchev–Trinajstić information content (AvgIpc) is 3.58. The van der Waals surface area contributed by atoms with E-state index in [4.69, 9.17) is 14.7 Å². The van der Waals surface area contributed by atoms with E-state index >= 15 is 0 Å². The van der Waals surface area contributed by atoms with Crippen molar-refractivity contribution >= 4 is 23.4 Å². The van der Waals surface area contributed by atoms with Crippen LogP contribution in [0.15, 0.2) is 24.7 Å². The Morgan fingerprint density at radius 2 is 1.89 bits per heavy atom. The zero-order chi connectivity index (χ0) is 24.4. The molecule has 2 aromatic rings. The summed E-state index contributed by atoms with van der Waals surface area (Å²) in [5.41, 5.74) is 1.19. The third-order valence-electron chi connectivity index (χ3n) is 8.52. The number of ether oxygens (including phenoxy) is 1. The van der Waals surface area contributed by atoms with Crippen molar-refractivity contribution in [3.8, 4) is 6.07 Å². The van der Waals surface area contributed by atoms with Crippen molar-refractivity contribution in [1.29, 1.82) is 5.26 Å². The van der Waals surface area contributed by atoms with E-state index in [2.05, 4.69) is 34.7 Å². The first-order chi connectivity index (χ1) is 16.9. The zero-order valence-electron chi connectivity index (χ0n) is 20.6. The number of methoxy groups -OCH3 is 1. The van der Waals surface area contributed by atoms with Crippen LogP contribution in [-0.4, -0.2) is 70.2 Å². The molecule has 0 aromatic carbocycles. The monoisotopic (exact) mass is 473 g/mol. The molecule has 0 bridgehead atoms. The highest BCUT2D eigenvalue weighted by molar-refractivity contribution is 5.89. The molecule has 1 saturated heterocycles. The maximum Gasteiger partial charge on any atom is 0.255 e. The van der Waals surface area contributed by atoms with Crippen molar-refractivity contribution in [1.82, 2.24) is 19.9 Å². The number of rotatable bonds is 4. The van der Waals surface area contributed by atoms with Gasteiger partial charge >= 0.3 is 0 Å². The maximum absolute atomic E-state index is 13.2. The molecular weight excluding hydrogens is 442 g/mol. The summed E-state index contributed by atoms with van der Waals surface area (Å²) in [6.07, 6.45) is 8.31. The van der Waals surface area contributed by atoms with Crippen molar-refractivity contribution in [3.05, 3.63) is 35.8 Å². The molecule has 1 amide bonds. The molecule has 35 heavy (non-hydrogen) atoms. The largest absolute Gasteiger partial charge is 0.368 e. The maximum atomic E-state index is 13.2. The Bertz CT molecular complexity index is 1220. The van der Waals surface area contributed by atoms with Crippen molar-refractivity contribution < 1.29 is 9.53 Å². The van der Waals surface area contributed by atoms with Crippen molar-refractivity contribution in [2.45, 2.75) is 69.1 Å². The Kier molecular flexibility index (Phi) is 5.01. The van der Waals surface area contributed by atoms with Gasteiger partial charge in [0, 0.05) is 56.0 Å². The lowest BCUT2D eigenvalue weighted by atomic mass is 9.66. The summed E-state index contributed by atoms with van der Waals surface area (Å²) in [4.78, 5) is 33.9. The molecule has 0 radical (unpaired) electrons. The molecule has 0 N–H and O–H groups in total. The van der Waals surface area contributed by atoms with E-state index in [0.29, 0.717) is 18.7 Å². The van der Waals surface area contributed by atoms with Crippen molar-refractivity contribution in [2.75, 3.05) is 36.5 Å². The van der Waals surface area contributed by atoms with Gasteiger partial charge in [0.15, 0.2) is 0 Å². The Hall–Kier alpha value is -3.25. The summed E-state index contributed by atoms with van der Waals surface area (Å²) >= 11 is 0. The molecular formula is C26H31N7O2. The molecule has 182 valence electrons. The number of amides is 1. The van der Waals surface area contributed by atoms with E-state index in [9.17, 15) is 10.1 Å². The van der Waals surface area contributed by atoms with Crippen LogP contribution in [0.2, 0.25) is 0 Å². The van der Waals surface area contributed by atoms with Crippen LogP contribution in [-0.2, 0) is 14.9 Å². The van der Waals surface area contributed by atoms with Gasteiger partial charge in [0.05, 0.1) is 11.6 Å². The standard InChI is InChI=1S/C26H31N7O2/c1-17-14-32(24(34)26(35-3)8-9-26)18(2)13-31(17)22-21-23(30-16-29-22)33(15-25(21)6-4-7-25)20-11-19(12-27)5-10-28-20/h5,10-11,16-18H,4,6-9,13-15H2,1-3H3/t17-,18+/m0/s1. The minimum Gasteiger partial charge on any atom is -0.368 e. The Labute approximate surface area is 205 Å². The molecule has 2 aromatic heterocycles. The fourth-order valence-corrected chi connectivity index (χ4v) is 6.14. The predicted molar refractivity (Wildman–Crippen MR) is 130 cm³/mol. The Balaban J connectivity index is 1.35. The fourth-order valence-electron chi connectivity index (χ4n) is 6.14. The number of carbonyl (C=O) groups is 1. The van der Waals surface area contributed by atoms with Gasteiger partial charge in [-0.3, -0.25) is 4.79 Å². The van der Waals surface area contributed by atoms with Crippen LogP contribution in [0.5, 0.6) is 0 Å². The fraction of sp³-hybridized carbons (Fsp3) is 0.577. The molecule has 0 unspecified atom stereocenters. The van der Waals surface area contributed by atoms with Gasteiger partial charge in [-0.2, -0.15) is 5.26 Å². The number of anilines is 3. The SMILES string of the molecule is COC1(C(=O)N2C[C@H](C)N(c3ncnc4c3C3(CCC3)CN4c3cc(C#N)ccn3)C[C@H]2C)CC1. The van der Waals surface area contributed by atoms with Crippen LogP contribution < -0.4 is 9.80 Å². The molecule has 2 saturated carbocycles. The molecule has 2 aliphatic heterocycles. The van der Waals surface area contributed by atoms with E-state index in [-0.39, 0.29) is 23.4 Å². The first-order valence-corrected chi connectivity index (χ1v) is 12.5. The summed E-state index contributed by atoms with van der Waals surface area (Å²) in [6.45, 7) is 6.45. The summed E-state index contributed by atoms with van der Waals surface area (Å²) in [6, 6.07) is 5.96. The highest BCUT2D eigenvalue weighted by Gasteiger charge is 2.55. The third kappa shape index (κ3) is 3.30. The smallest absolute Gasteiger partial charge is 0.255 e. The second-order valence-corrected chi connectivity index (χ2v) is 10.6. The van der Waals surface area contributed by atoms with Crippen molar-refractivity contribution in [3.63, 3.8) is 0 Å². The van der Waals surface area contributed by atoms with Crippen LogP contribution in [0.4, 0.5) is 17.5 Å². The number of nitrogens with zero attached hydrogens (tertiary/aromatic N) is 7. The number of piperazine rings is 1. The van der Waals surface area contributed by atoms with Crippen LogP contribution in [0.25, 0.3) is 0 Å². The normalized spacial score (nSPS) is 25.7. The van der Waals surface area contributed by atoms with E-state index < -0.39 is 5.60 Å². The summed E-state index contributed by atoms with van der Waals surface area (Å²) in [5.74, 6) is 2.75. The lowest BCUT2D eigenvalue weighted by molar-refractivity contribution is -0.147. The molecule has 4 heterocycles. The van der Waals surface area contributed by atoms with E-state index in [1.54, 1.807) is 25.7 Å². The lowest BCUT2D eigenvalue weighted by Crippen LogP contribution is -2.61. The number of pyridine rings is 1. The highest BCUT2D eigenvalue weighted by atomic mass is 16.5. The summed E-state index contributed by atoms with van der Waals surface area (Å²) < 4.78 is 5.58. The molecule has 2 atom stereocenters. The molecule has 6 rings (SSSR count). The molecule has 2 aliphatic carbocycles. The molecule has 9 nitrogen and oxygen atoms in total. The molecule has 3 fully saturated rings. The second kappa shape index (κ2) is 7.89. The van der Waals surface area contributed by atoms with Crippen molar-refractivity contribution in [2.24, 2.45) is 0 Å².